The average Bonchev–Trinajstić information content (AvgIpc) is 2.53. The summed E-state index contributed by atoms with van der Waals surface area (Å²) in [7, 11) is 0. The Morgan fingerprint density at radius 3 is 2.36 bits per heavy atom. The van der Waals surface area contributed by atoms with Gasteiger partial charge in [-0.25, -0.2) is 0 Å². The van der Waals surface area contributed by atoms with Gasteiger partial charge in [0.05, 0.1) is 0 Å². The fraction of sp³-hybridized carbons (Fsp3) is 0.714. The molecule has 0 aliphatic carbocycles. The lowest BCUT2D eigenvalue weighted by Gasteiger charge is -2.45. The minimum atomic E-state index is 0.531. The van der Waals surface area contributed by atoms with Crippen LogP contribution in [-0.4, -0.2) is 17.5 Å². The summed E-state index contributed by atoms with van der Waals surface area (Å²) in [5.41, 5.74) is 2.96. The van der Waals surface area contributed by atoms with Crippen molar-refractivity contribution in [3.8, 4) is 0 Å². The van der Waals surface area contributed by atoms with Crippen LogP contribution >= 0.6 is 0 Å². The van der Waals surface area contributed by atoms with Crippen molar-refractivity contribution in [3.05, 3.63) is 35.4 Å². The summed E-state index contributed by atoms with van der Waals surface area (Å²) in [6, 6.07) is 10.5. The standard InChI is InChI=1S/C21H35N/c1-7-18-11-12-22(21(13-18)16(4)5)17(6)20-10-8-9-19(14-20)15(2)3/h8-10,14-18,21H,7,11-13H2,1-6H3. The molecule has 2 rings (SSSR count). The van der Waals surface area contributed by atoms with Gasteiger partial charge in [-0.05, 0) is 55.2 Å². The predicted octanol–water partition coefficient (Wildman–Crippen LogP) is 6.02. The van der Waals surface area contributed by atoms with E-state index in [-0.39, 0.29) is 0 Å². The third-order valence-corrected chi connectivity index (χ3v) is 5.70. The molecule has 1 aliphatic rings. The molecule has 1 aliphatic heterocycles. The molecule has 0 N–H and O–H groups in total. The Labute approximate surface area is 138 Å². The Hall–Kier alpha value is -0.820. The highest BCUT2D eigenvalue weighted by Gasteiger charge is 2.32. The summed E-state index contributed by atoms with van der Waals surface area (Å²) in [6.45, 7) is 15.4. The van der Waals surface area contributed by atoms with Crippen LogP contribution in [0.3, 0.4) is 0 Å². The fourth-order valence-corrected chi connectivity index (χ4v) is 3.97. The van der Waals surface area contributed by atoms with E-state index in [4.69, 9.17) is 0 Å². The van der Waals surface area contributed by atoms with Gasteiger partial charge in [-0.1, -0.05) is 65.3 Å². The van der Waals surface area contributed by atoms with Gasteiger partial charge in [0, 0.05) is 12.1 Å². The van der Waals surface area contributed by atoms with Gasteiger partial charge < -0.3 is 0 Å². The second-order valence-corrected chi connectivity index (χ2v) is 7.85. The normalized spacial score (nSPS) is 24.9. The third-order valence-electron chi connectivity index (χ3n) is 5.70. The van der Waals surface area contributed by atoms with Gasteiger partial charge in [0.25, 0.3) is 0 Å². The molecule has 0 bridgehead atoms. The molecule has 1 aromatic carbocycles. The molecule has 1 saturated heterocycles. The molecular formula is C21H35N. The Bertz CT molecular complexity index is 463. The molecule has 1 heterocycles. The number of likely N-dealkylation sites (tertiary alicyclic amines) is 1. The summed E-state index contributed by atoms with van der Waals surface area (Å²) in [6.07, 6.45) is 4.09. The van der Waals surface area contributed by atoms with Gasteiger partial charge in [0.1, 0.15) is 0 Å². The fourth-order valence-electron chi connectivity index (χ4n) is 3.97. The minimum Gasteiger partial charge on any atom is -0.293 e. The number of hydrogen-bond acceptors (Lipinski definition) is 1. The van der Waals surface area contributed by atoms with Gasteiger partial charge in [0.15, 0.2) is 0 Å². The molecule has 22 heavy (non-hydrogen) atoms. The first kappa shape index (κ1) is 17.5. The summed E-state index contributed by atoms with van der Waals surface area (Å²) >= 11 is 0. The highest BCUT2D eigenvalue weighted by Crippen LogP contribution is 2.35. The summed E-state index contributed by atoms with van der Waals surface area (Å²) in [4.78, 5) is 2.77. The van der Waals surface area contributed by atoms with Crippen LogP contribution in [0.15, 0.2) is 24.3 Å². The lowest BCUT2D eigenvalue weighted by Crippen LogP contribution is -2.46. The van der Waals surface area contributed by atoms with Crippen LogP contribution in [-0.2, 0) is 0 Å². The summed E-state index contributed by atoms with van der Waals surface area (Å²) < 4.78 is 0. The first-order valence-corrected chi connectivity index (χ1v) is 9.29. The highest BCUT2D eigenvalue weighted by atomic mass is 15.2. The molecule has 1 nitrogen and oxygen atoms in total. The lowest BCUT2D eigenvalue weighted by atomic mass is 9.82. The predicted molar refractivity (Wildman–Crippen MR) is 97.3 cm³/mol. The van der Waals surface area contributed by atoms with Crippen LogP contribution in [0.25, 0.3) is 0 Å². The van der Waals surface area contributed by atoms with E-state index >= 15 is 0 Å². The van der Waals surface area contributed by atoms with Crippen molar-refractivity contribution in [1.29, 1.82) is 0 Å². The maximum atomic E-state index is 2.77. The molecule has 0 spiro atoms. The van der Waals surface area contributed by atoms with E-state index in [0.717, 1.165) is 17.9 Å². The monoisotopic (exact) mass is 301 g/mol. The van der Waals surface area contributed by atoms with Crippen LogP contribution in [0.1, 0.15) is 83.9 Å². The SMILES string of the molecule is CCC1CCN(C(C)c2cccc(C(C)C)c2)C(C(C)C)C1. The number of benzene rings is 1. The van der Waals surface area contributed by atoms with E-state index in [2.05, 4.69) is 70.7 Å². The number of rotatable bonds is 5. The van der Waals surface area contributed by atoms with E-state index < -0.39 is 0 Å². The zero-order valence-corrected chi connectivity index (χ0v) is 15.5. The largest absolute Gasteiger partial charge is 0.293 e. The zero-order valence-electron chi connectivity index (χ0n) is 15.5. The zero-order chi connectivity index (χ0) is 16.3. The smallest absolute Gasteiger partial charge is 0.0323 e. The molecule has 3 unspecified atom stereocenters. The second kappa shape index (κ2) is 7.64. The molecule has 1 aromatic rings. The van der Waals surface area contributed by atoms with Crippen LogP contribution < -0.4 is 0 Å². The van der Waals surface area contributed by atoms with Crippen molar-refractivity contribution in [2.24, 2.45) is 11.8 Å². The van der Waals surface area contributed by atoms with E-state index in [0.29, 0.717) is 12.0 Å². The molecule has 1 fully saturated rings. The van der Waals surface area contributed by atoms with Gasteiger partial charge in [-0.3, -0.25) is 4.90 Å². The van der Waals surface area contributed by atoms with Gasteiger partial charge in [-0.15, -0.1) is 0 Å². The van der Waals surface area contributed by atoms with E-state index in [1.165, 1.54) is 36.9 Å². The molecular weight excluding hydrogens is 266 g/mol. The van der Waals surface area contributed by atoms with Crippen molar-refractivity contribution >= 4 is 0 Å². The van der Waals surface area contributed by atoms with Crippen LogP contribution in [0, 0.1) is 11.8 Å². The quantitative estimate of drug-likeness (QED) is 0.643. The molecule has 0 saturated carbocycles. The van der Waals surface area contributed by atoms with Crippen LogP contribution in [0.2, 0.25) is 0 Å². The Balaban J connectivity index is 2.19. The van der Waals surface area contributed by atoms with E-state index in [9.17, 15) is 0 Å². The molecule has 0 radical (unpaired) electrons. The van der Waals surface area contributed by atoms with Gasteiger partial charge >= 0.3 is 0 Å². The van der Waals surface area contributed by atoms with Crippen molar-refractivity contribution in [2.75, 3.05) is 6.54 Å². The maximum absolute atomic E-state index is 2.77. The number of nitrogens with zero attached hydrogens (tertiary/aromatic N) is 1. The lowest BCUT2D eigenvalue weighted by molar-refractivity contribution is 0.0459. The maximum Gasteiger partial charge on any atom is 0.0323 e. The molecule has 3 atom stereocenters. The molecule has 1 heteroatoms. The molecule has 0 aromatic heterocycles. The highest BCUT2D eigenvalue weighted by molar-refractivity contribution is 5.28. The molecule has 124 valence electrons. The average molecular weight is 302 g/mol. The topological polar surface area (TPSA) is 3.24 Å². The van der Waals surface area contributed by atoms with E-state index in [1.54, 1.807) is 0 Å². The van der Waals surface area contributed by atoms with Crippen LogP contribution in [0.4, 0.5) is 0 Å². The Morgan fingerprint density at radius 2 is 1.77 bits per heavy atom. The van der Waals surface area contributed by atoms with Crippen molar-refractivity contribution in [3.63, 3.8) is 0 Å². The number of hydrogen-bond donors (Lipinski definition) is 0. The van der Waals surface area contributed by atoms with Gasteiger partial charge in [-0.2, -0.15) is 0 Å². The van der Waals surface area contributed by atoms with Crippen molar-refractivity contribution < 1.29 is 0 Å². The number of piperidine rings is 1. The van der Waals surface area contributed by atoms with Crippen molar-refractivity contribution in [1.82, 2.24) is 4.90 Å². The summed E-state index contributed by atoms with van der Waals surface area (Å²) in [5, 5.41) is 0. The minimum absolute atomic E-state index is 0.531. The van der Waals surface area contributed by atoms with Crippen molar-refractivity contribution in [2.45, 2.75) is 78.8 Å². The first-order chi connectivity index (χ1) is 10.4. The Kier molecular flexibility index (Phi) is 6.09. The van der Waals surface area contributed by atoms with Gasteiger partial charge in [0.2, 0.25) is 0 Å². The Morgan fingerprint density at radius 1 is 1.09 bits per heavy atom. The third kappa shape index (κ3) is 3.93. The van der Waals surface area contributed by atoms with E-state index in [1.807, 2.05) is 0 Å². The van der Waals surface area contributed by atoms with Crippen LogP contribution in [0.5, 0.6) is 0 Å². The first-order valence-electron chi connectivity index (χ1n) is 9.29. The summed E-state index contributed by atoms with van der Waals surface area (Å²) in [5.74, 6) is 2.28. The molecule has 0 amide bonds. The second-order valence-electron chi connectivity index (χ2n) is 7.85.